The Morgan fingerprint density at radius 2 is 2.00 bits per heavy atom. The summed E-state index contributed by atoms with van der Waals surface area (Å²) in [6.45, 7) is 2.00. The molecule has 0 bridgehead atoms. The molecule has 2 rings (SSSR count). The van der Waals surface area contributed by atoms with Gasteiger partial charge >= 0.3 is 0 Å². The number of nitrogens with zero attached hydrogens (tertiary/aromatic N) is 2. The zero-order valence-electron chi connectivity index (χ0n) is 10.8. The van der Waals surface area contributed by atoms with E-state index >= 15 is 0 Å². The molecule has 0 saturated heterocycles. The second-order valence-electron chi connectivity index (χ2n) is 4.43. The molecule has 1 aromatic carbocycles. The van der Waals surface area contributed by atoms with Crippen molar-refractivity contribution in [3.05, 3.63) is 51.3 Å². The van der Waals surface area contributed by atoms with Gasteiger partial charge < -0.3 is 0 Å². The van der Waals surface area contributed by atoms with Gasteiger partial charge in [0.25, 0.3) is 0 Å². The third kappa shape index (κ3) is 2.92. The van der Waals surface area contributed by atoms with Gasteiger partial charge in [0.15, 0.2) is 0 Å². The summed E-state index contributed by atoms with van der Waals surface area (Å²) in [6.07, 6.45) is 2.42. The van der Waals surface area contributed by atoms with Crippen molar-refractivity contribution in [3.63, 3.8) is 0 Å². The number of hydrazine groups is 1. The first-order valence-corrected chi connectivity index (χ1v) is 6.67. The number of hydrogen-bond acceptors (Lipinski definition) is 3. The van der Waals surface area contributed by atoms with Crippen LogP contribution < -0.4 is 11.3 Å². The number of rotatable bonds is 4. The number of nitrogens with two attached hydrogens (primary N) is 1. The highest BCUT2D eigenvalue weighted by atomic mass is 35.5. The molecule has 0 amide bonds. The van der Waals surface area contributed by atoms with Crippen molar-refractivity contribution in [1.29, 1.82) is 0 Å². The summed E-state index contributed by atoms with van der Waals surface area (Å²) < 4.78 is 1.81. The SMILES string of the molecule is Cc1c(C(Cc2c(Cl)cccc2Cl)NN)cnn1C. The van der Waals surface area contributed by atoms with Crippen LogP contribution in [0.15, 0.2) is 24.4 Å². The van der Waals surface area contributed by atoms with E-state index in [9.17, 15) is 0 Å². The second-order valence-corrected chi connectivity index (χ2v) is 5.25. The van der Waals surface area contributed by atoms with E-state index in [0.29, 0.717) is 16.5 Å². The largest absolute Gasteiger partial charge is 0.273 e. The van der Waals surface area contributed by atoms with E-state index in [0.717, 1.165) is 16.8 Å². The molecule has 1 aromatic heterocycles. The quantitative estimate of drug-likeness (QED) is 0.674. The minimum Gasteiger partial charge on any atom is -0.273 e. The zero-order valence-corrected chi connectivity index (χ0v) is 12.3. The molecular weight excluding hydrogens is 283 g/mol. The lowest BCUT2D eigenvalue weighted by molar-refractivity contribution is 0.548. The average molecular weight is 299 g/mol. The van der Waals surface area contributed by atoms with Crippen molar-refractivity contribution < 1.29 is 0 Å². The van der Waals surface area contributed by atoms with Gasteiger partial charge in [0.1, 0.15) is 0 Å². The Morgan fingerprint density at radius 1 is 1.37 bits per heavy atom. The van der Waals surface area contributed by atoms with Crippen molar-refractivity contribution >= 4 is 23.2 Å². The normalized spacial score (nSPS) is 12.7. The maximum atomic E-state index is 6.19. The lowest BCUT2D eigenvalue weighted by atomic mass is 10.00. The molecule has 3 N–H and O–H groups in total. The predicted molar refractivity (Wildman–Crippen MR) is 78.2 cm³/mol. The Bertz CT molecular complexity index is 560. The van der Waals surface area contributed by atoms with Gasteiger partial charge in [-0.2, -0.15) is 5.10 Å². The topological polar surface area (TPSA) is 55.9 Å². The minimum atomic E-state index is -0.0777. The molecule has 102 valence electrons. The van der Waals surface area contributed by atoms with Crippen molar-refractivity contribution in [2.24, 2.45) is 12.9 Å². The van der Waals surface area contributed by atoms with Gasteiger partial charge in [-0.1, -0.05) is 29.3 Å². The molecule has 6 heteroatoms. The van der Waals surface area contributed by atoms with Gasteiger partial charge in [-0.3, -0.25) is 16.0 Å². The molecule has 19 heavy (non-hydrogen) atoms. The Kier molecular flexibility index (Phi) is 4.47. The Balaban J connectivity index is 2.32. The predicted octanol–water partition coefficient (Wildman–Crippen LogP) is 2.78. The summed E-state index contributed by atoms with van der Waals surface area (Å²) in [7, 11) is 1.90. The molecule has 0 spiro atoms. The van der Waals surface area contributed by atoms with Crippen LogP contribution in [0.3, 0.4) is 0 Å². The number of nitrogens with one attached hydrogen (secondary N) is 1. The first-order valence-electron chi connectivity index (χ1n) is 5.92. The summed E-state index contributed by atoms with van der Waals surface area (Å²) in [5, 5.41) is 5.52. The van der Waals surface area contributed by atoms with Crippen LogP contribution in [0.25, 0.3) is 0 Å². The first-order chi connectivity index (χ1) is 9.04. The molecular formula is C13H16Cl2N4. The Hall–Kier alpha value is -1.07. The monoisotopic (exact) mass is 298 g/mol. The van der Waals surface area contributed by atoms with E-state index < -0.39 is 0 Å². The summed E-state index contributed by atoms with van der Waals surface area (Å²) in [4.78, 5) is 0. The van der Waals surface area contributed by atoms with Crippen LogP contribution in [0.4, 0.5) is 0 Å². The fraction of sp³-hybridized carbons (Fsp3) is 0.308. The fourth-order valence-electron chi connectivity index (χ4n) is 2.05. The molecule has 2 aromatic rings. The molecule has 1 unspecified atom stereocenters. The molecule has 1 heterocycles. The van der Waals surface area contributed by atoms with E-state index in [1.165, 1.54) is 0 Å². The van der Waals surface area contributed by atoms with Gasteiger partial charge in [0.2, 0.25) is 0 Å². The summed E-state index contributed by atoms with van der Waals surface area (Å²) in [6, 6.07) is 5.40. The van der Waals surface area contributed by atoms with Gasteiger partial charge in [-0.25, -0.2) is 0 Å². The smallest absolute Gasteiger partial charge is 0.0540 e. The number of aromatic nitrogens is 2. The van der Waals surface area contributed by atoms with Crippen molar-refractivity contribution in [2.75, 3.05) is 0 Å². The van der Waals surface area contributed by atoms with Crippen LogP contribution in [-0.4, -0.2) is 9.78 Å². The van der Waals surface area contributed by atoms with Crippen LogP contribution in [0, 0.1) is 6.92 Å². The zero-order chi connectivity index (χ0) is 14.0. The molecule has 0 aliphatic rings. The first kappa shape index (κ1) is 14.3. The maximum Gasteiger partial charge on any atom is 0.0540 e. The number of aryl methyl sites for hydroxylation is 1. The molecule has 4 nitrogen and oxygen atoms in total. The van der Waals surface area contributed by atoms with Crippen molar-refractivity contribution in [2.45, 2.75) is 19.4 Å². The number of hydrogen-bond donors (Lipinski definition) is 2. The molecule has 0 aliphatic heterocycles. The van der Waals surface area contributed by atoms with Gasteiger partial charge in [-0.15, -0.1) is 0 Å². The Morgan fingerprint density at radius 3 is 2.47 bits per heavy atom. The van der Waals surface area contributed by atoms with Crippen LogP contribution in [0.2, 0.25) is 10.0 Å². The average Bonchev–Trinajstić information content (AvgIpc) is 2.71. The van der Waals surface area contributed by atoms with Crippen molar-refractivity contribution in [3.8, 4) is 0 Å². The summed E-state index contributed by atoms with van der Waals surface area (Å²) in [5.41, 5.74) is 5.79. The highest BCUT2D eigenvalue weighted by Gasteiger charge is 2.18. The van der Waals surface area contributed by atoms with Gasteiger partial charge in [0, 0.05) is 28.4 Å². The van der Waals surface area contributed by atoms with Crippen LogP contribution in [-0.2, 0) is 13.5 Å². The lowest BCUT2D eigenvalue weighted by Gasteiger charge is -2.17. The van der Waals surface area contributed by atoms with Crippen LogP contribution >= 0.6 is 23.2 Å². The number of benzene rings is 1. The molecule has 0 saturated carbocycles. The lowest BCUT2D eigenvalue weighted by Crippen LogP contribution is -2.30. The Labute approximate surface area is 122 Å². The minimum absolute atomic E-state index is 0.0777. The van der Waals surface area contributed by atoms with E-state index in [4.69, 9.17) is 29.0 Å². The standard InChI is InChI=1S/C13H16Cl2N4/c1-8-10(7-17-19(8)2)13(18-16)6-9-11(14)4-3-5-12(9)15/h3-5,7,13,18H,6,16H2,1-2H3. The van der Waals surface area contributed by atoms with Gasteiger partial charge in [-0.05, 0) is 31.0 Å². The summed E-state index contributed by atoms with van der Waals surface area (Å²) in [5.74, 6) is 5.66. The molecule has 0 radical (unpaired) electrons. The second kappa shape index (κ2) is 5.92. The van der Waals surface area contributed by atoms with Crippen LogP contribution in [0.5, 0.6) is 0 Å². The van der Waals surface area contributed by atoms with Gasteiger partial charge in [0.05, 0.1) is 12.2 Å². The van der Waals surface area contributed by atoms with E-state index in [1.807, 2.05) is 43.0 Å². The molecule has 0 fully saturated rings. The van der Waals surface area contributed by atoms with E-state index in [2.05, 4.69) is 10.5 Å². The molecule has 1 atom stereocenters. The highest BCUT2D eigenvalue weighted by molar-refractivity contribution is 6.36. The third-order valence-electron chi connectivity index (χ3n) is 3.32. The fourth-order valence-corrected chi connectivity index (χ4v) is 2.60. The third-order valence-corrected chi connectivity index (χ3v) is 4.03. The maximum absolute atomic E-state index is 6.19. The van der Waals surface area contributed by atoms with E-state index in [1.54, 1.807) is 0 Å². The summed E-state index contributed by atoms with van der Waals surface area (Å²) >= 11 is 12.4. The van der Waals surface area contributed by atoms with E-state index in [-0.39, 0.29) is 6.04 Å². The van der Waals surface area contributed by atoms with Crippen molar-refractivity contribution in [1.82, 2.24) is 15.2 Å². The molecule has 0 aliphatic carbocycles. The van der Waals surface area contributed by atoms with Crippen LogP contribution in [0.1, 0.15) is 22.9 Å². The highest BCUT2D eigenvalue weighted by Crippen LogP contribution is 2.29. The number of halogens is 2.